The number of carbonyl (C=O) groups excluding carboxylic acids is 2. The maximum absolute atomic E-state index is 13.8. The van der Waals surface area contributed by atoms with Crippen LogP contribution in [0, 0.1) is 11.3 Å². The van der Waals surface area contributed by atoms with Crippen LogP contribution in [0.15, 0.2) is 42.0 Å². The minimum absolute atomic E-state index is 0. The first-order valence-corrected chi connectivity index (χ1v) is 12.8. The summed E-state index contributed by atoms with van der Waals surface area (Å²) in [6.07, 6.45) is 2.66. The number of carboxylic acids is 1. The number of nitrogens with zero attached hydrogens (tertiary/aromatic N) is 1. The van der Waals surface area contributed by atoms with Crippen molar-refractivity contribution >= 4 is 17.8 Å². The Balaban J connectivity index is 0. The number of nitrogens with one attached hydrogen (secondary N) is 2. The van der Waals surface area contributed by atoms with Gasteiger partial charge in [0.25, 0.3) is 0 Å². The number of halogens is 1. The number of likely N-dealkylation sites (N-methyl/N-ethyl adjacent to an activating group) is 2. The molecule has 0 unspecified atom stereocenters. The largest absolute Gasteiger partial charge is 1.00 e. The molecular weight excluding hydrogens is 490 g/mol. The lowest BCUT2D eigenvalue weighted by atomic mass is 9.76. The number of benzene rings is 1. The van der Waals surface area contributed by atoms with E-state index < -0.39 is 34.9 Å². The van der Waals surface area contributed by atoms with Crippen LogP contribution in [-0.2, 0) is 19.8 Å². The second-order valence-electron chi connectivity index (χ2n) is 11.6. The second-order valence-corrected chi connectivity index (χ2v) is 11.6. The van der Waals surface area contributed by atoms with Gasteiger partial charge in [-0.1, -0.05) is 91.8 Å². The zero-order chi connectivity index (χ0) is 27.8. The number of hydrogen-bond donors (Lipinski definition) is 3. The number of aliphatic carboxylic acids is 1. The van der Waals surface area contributed by atoms with Gasteiger partial charge in [-0.05, 0) is 36.8 Å². The van der Waals surface area contributed by atoms with Crippen molar-refractivity contribution in [2.45, 2.75) is 91.8 Å². The van der Waals surface area contributed by atoms with Crippen LogP contribution in [-0.4, -0.2) is 60.0 Å². The number of amides is 2. The molecule has 0 spiro atoms. The van der Waals surface area contributed by atoms with Crippen LogP contribution < -0.4 is 23.0 Å². The zero-order valence-corrected chi connectivity index (χ0v) is 24.9. The van der Waals surface area contributed by atoms with Crippen LogP contribution in [0.2, 0.25) is 0 Å². The highest BCUT2D eigenvalue weighted by atomic mass is 35.5. The van der Waals surface area contributed by atoms with E-state index in [2.05, 4.69) is 10.6 Å². The van der Waals surface area contributed by atoms with Crippen molar-refractivity contribution in [3.63, 3.8) is 0 Å². The molecule has 0 bridgehead atoms. The van der Waals surface area contributed by atoms with E-state index in [1.165, 1.54) is 0 Å². The lowest BCUT2D eigenvalue weighted by molar-refractivity contribution is -0.140. The Hall–Kier alpha value is -2.38. The molecular formula is C29H48ClN3O4. The predicted octanol–water partition coefficient (Wildman–Crippen LogP) is 1.49. The smallest absolute Gasteiger partial charge is 1.00 e. The molecule has 0 saturated heterocycles. The van der Waals surface area contributed by atoms with E-state index in [-0.39, 0.29) is 37.1 Å². The van der Waals surface area contributed by atoms with E-state index in [1.807, 2.05) is 78.8 Å². The molecule has 1 aromatic rings. The van der Waals surface area contributed by atoms with Crippen molar-refractivity contribution in [2.24, 2.45) is 11.3 Å². The van der Waals surface area contributed by atoms with E-state index >= 15 is 0 Å². The highest BCUT2D eigenvalue weighted by Gasteiger charge is 2.41. The highest BCUT2D eigenvalue weighted by Crippen LogP contribution is 2.29. The average molecular weight is 538 g/mol. The van der Waals surface area contributed by atoms with E-state index in [0.29, 0.717) is 12.8 Å². The molecule has 0 saturated carbocycles. The first-order valence-electron chi connectivity index (χ1n) is 12.8. The lowest BCUT2D eigenvalue weighted by Gasteiger charge is -2.39. The normalized spacial score (nSPS) is 14.8. The van der Waals surface area contributed by atoms with Gasteiger partial charge in [0.15, 0.2) is 0 Å². The lowest BCUT2D eigenvalue weighted by Crippen LogP contribution is -3.00. The second kappa shape index (κ2) is 14.5. The van der Waals surface area contributed by atoms with Crippen molar-refractivity contribution in [3.05, 3.63) is 47.5 Å². The van der Waals surface area contributed by atoms with Crippen LogP contribution in [0.3, 0.4) is 0 Å². The summed E-state index contributed by atoms with van der Waals surface area (Å²) in [7, 11) is 3.44. The number of carbonyl (C=O) groups is 3. The quantitative estimate of drug-likeness (QED) is 0.351. The van der Waals surface area contributed by atoms with Crippen molar-refractivity contribution in [1.29, 1.82) is 0 Å². The summed E-state index contributed by atoms with van der Waals surface area (Å²) < 4.78 is 0. The van der Waals surface area contributed by atoms with E-state index in [0.717, 1.165) is 5.56 Å². The minimum atomic E-state index is -0.979. The molecule has 0 heterocycles. The van der Waals surface area contributed by atoms with Gasteiger partial charge in [0, 0.05) is 18.0 Å². The number of carboxylic acid groups (broad SMARTS) is 1. The van der Waals surface area contributed by atoms with Crippen molar-refractivity contribution in [2.75, 3.05) is 14.1 Å². The summed E-state index contributed by atoms with van der Waals surface area (Å²) in [5.74, 6) is -1.24. The molecule has 2 amide bonds. The maximum Gasteiger partial charge on any atom is 1.00 e. The number of hydrogen-bond acceptors (Lipinski definition) is 4. The molecule has 0 radical (unpaired) electrons. The Morgan fingerprint density at radius 1 is 1.05 bits per heavy atom. The van der Waals surface area contributed by atoms with Gasteiger partial charge in [0.1, 0.15) is 6.04 Å². The zero-order valence-electron chi connectivity index (χ0n) is 25.2. The topological polar surface area (TPSA) is 98.7 Å². The molecule has 37 heavy (non-hydrogen) atoms. The van der Waals surface area contributed by atoms with Crippen molar-refractivity contribution in [1.82, 2.24) is 15.5 Å². The van der Waals surface area contributed by atoms with Crippen LogP contribution in [0.25, 0.3) is 0 Å². The molecule has 0 aliphatic carbocycles. The third-order valence-electron chi connectivity index (χ3n) is 6.80. The highest BCUT2D eigenvalue weighted by molar-refractivity contribution is 5.91. The fourth-order valence-electron chi connectivity index (χ4n) is 4.49. The Morgan fingerprint density at radius 3 is 2.00 bits per heavy atom. The Morgan fingerprint density at radius 2 is 1.59 bits per heavy atom. The van der Waals surface area contributed by atoms with E-state index in [4.69, 9.17) is 0 Å². The summed E-state index contributed by atoms with van der Waals surface area (Å²) in [5, 5.41) is 15.7. The van der Waals surface area contributed by atoms with Crippen LogP contribution in [0.4, 0.5) is 0 Å². The van der Waals surface area contributed by atoms with Gasteiger partial charge in [-0.3, -0.25) is 9.59 Å². The molecule has 210 valence electrons. The van der Waals surface area contributed by atoms with Gasteiger partial charge < -0.3 is 33.0 Å². The van der Waals surface area contributed by atoms with Crippen LogP contribution >= 0.6 is 0 Å². The van der Waals surface area contributed by atoms with Gasteiger partial charge in [0.05, 0.1) is 12.1 Å². The molecule has 3 N–H and O–H groups in total. The summed E-state index contributed by atoms with van der Waals surface area (Å²) >= 11 is 0. The van der Waals surface area contributed by atoms with Gasteiger partial charge in [0.2, 0.25) is 11.8 Å². The minimum Gasteiger partial charge on any atom is -1.00 e. The summed E-state index contributed by atoms with van der Waals surface area (Å²) in [5.41, 5.74) is 0.190. The summed E-state index contributed by atoms with van der Waals surface area (Å²) in [4.78, 5) is 40.7. The standard InChI is InChI=1S/C29H47N3O4.ClH/c1-11-20(27(35)36)18-22(17-19(2)3)32(10)26(34)24(28(4,5)6)31-25(33)23(30-9)29(7,8)21-15-13-12-14-16-21;/h12-16,18-19,22-24,30H,11,17H2,1-10H3,(H,31,33)(H,35,36);1H/b20-18+;/t22-,23+,24+;/m0./s1. The molecule has 8 heteroatoms. The molecule has 0 aromatic heterocycles. The first-order chi connectivity index (χ1) is 16.6. The first kappa shape index (κ1) is 34.6. The Bertz CT molecular complexity index is 930. The molecule has 3 atom stereocenters. The SMILES string of the molecule is CC/C(=C\[C@H](CC(C)C)N(C)C(=O)[C@@H](NC(=O)[C@@H](NC)C(C)(C)c1ccccc1)C(C)(C)C)C(=O)O.[Cl-].[H+]. The molecule has 1 rings (SSSR count). The van der Waals surface area contributed by atoms with Crippen molar-refractivity contribution in [3.8, 4) is 0 Å². The monoisotopic (exact) mass is 537 g/mol. The molecule has 0 aliphatic rings. The fourth-order valence-corrected chi connectivity index (χ4v) is 4.49. The van der Waals surface area contributed by atoms with Gasteiger partial charge in [-0.2, -0.15) is 0 Å². The molecule has 1 aromatic carbocycles. The van der Waals surface area contributed by atoms with Crippen LogP contribution in [0.1, 0.15) is 75.2 Å². The third kappa shape index (κ3) is 9.46. The Kier molecular flexibility index (Phi) is 13.6. The molecule has 7 nitrogen and oxygen atoms in total. The van der Waals surface area contributed by atoms with Crippen LogP contribution in [0.5, 0.6) is 0 Å². The average Bonchev–Trinajstić information content (AvgIpc) is 2.78. The molecule has 0 aliphatic heterocycles. The van der Waals surface area contributed by atoms with E-state index in [9.17, 15) is 19.5 Å². The van der Waals surface area contributed by atoms with Crippen molar-refractivity contribution < 1.29 is 33.3 Å². The maximum atomic E-state index is 13.8. The fraction of sp³-hybridized carbons (Fsp3) is 0.621. The van der Waals surface area contributed by atoms with E-state index in [1.54, 1.807) is 32.0 Å². The summed E-state index contributed by atoms with van der Waals surface area (Å²) in [6, 6.07) is 8.05. The van der Waals surface area contributed by atoms with Gasteiger partial charge in [-0.15, -0.1) is 0 Å². The molecule has 0 fully saturated rings. The Labute approximate surface area is 231 Å². The third-order valence-corrected chi connectivity index (χ3v) is 6.80. The number of rotatable bonds is 12. The van der Waals surface area contributed by atoms with Gasteiger partial charge in [-0.25, -0.2) is 4.79 Å². The van der Waals surface area contributed by atoms with Gasteiger partial charge >= 0.3 is 7.40 Å². The predicted molar refractivity (Wildman–Crippen MR) is 147 cm³/mol. The summed E-state index contributed by atoms with van der Waals surface area (Å²) in [6.45, 7) is 15.6.